The maximum absolute atomic E-state index is 12.8. The minimum Gasteiger partial charge on any atom is -0.378 e. The first kappa shape index (κ1) is 19.0. The van der Waals surface area contributed by atoms with Gasteiger partial charge in [-0.15, -0.1) is 0 Å². The second-order valence-corrected chi connectivity index (χ2v) is 7.43. The van der Waals surface area contributed by atoms with E-state index in [1.807, 2.05) is 30.2 Å². The second kappa shape index (κ2) is 8.75. The van der Waals surface area contributed by atoms with Crippen LogP contribution >= 0.6 is 0 Å². The first-order valence-corrected chi connectivity index (χ1v) is 10.1. The molecule has 2 saturated heterocycles. The standard InChI is InChI=1S/C21H27N5O2/c1-16-18(21(27)25-10-12-28-13-11-25)14-23-20(24-16)19-7-3-5-9-26(19)15-17-6-2-4-8-22-17/h2,4,6,8,14,19H,3,5,7,9-13,15H2,1H3. The van der Waals surface area contributed by atoms with E-state index in [9.17, 15) is 4.79 Å². The number of nitrogens with zero attached hydrogens (tertiary/aromatic N) is 5. The van der Waals surface area contributed by atoms with Crippen molar-refractivity contribution in [1.82, 2.24) is 24.8 Å². The van der Waals surface area contributed by atoms with E-state index >= 15 is 0 Å². The van der Waals surface area contributed by atoms with Gasteiger partial charge in [-0.25, -0.2) is 9.97 Å². The van der Waals surface area contributed by atoms with E-state index in [2.05, 4.69) is 20.9 Å². The number of hydrogen-bond donors (Lipinski definition) is 0. The number of rotatable bonds is 4. The average Bonchev–Trinajstić information content (AvgIpc) is 2.75. The maximum Gasteiger partial charge on any atom is 0.257 e. The van der Waals surface area contributed by atoms with Gasteiger partial charge in [0.05, 0.1) is 36.2 Å². The predicted molar refractivity (Wildman–Crippen MR) is 105 cm³/mol. The molecule has 1 atom stereocenters. The molecule has 2 aromatic heterocycles. The van der Waals surface area contributed by atoms with Crippen molar-refractivity contribution in [1.29, 1.82) is 0 Å². The summed E-state index contributed by atoms with van der Waals surface area (Å²) in [5.41, 5.74) is 2.41. The fraction of sp³-hybridized carbons (Fsp3) is 0.524. The molecule has 0 bridgehead atoms. The van der Waals surface area contributed by atoms with Gasteiger partial charge >= 0.3 is 0 Å². The van der Waals surface area contributed by atoms with Gasteiger partial charge in [0.2, 0.25) is 0 Å². The summed E-state index contributed by atoms with van der Waals surface area (Å²) in [6.45, 7) is 6.15. The van der Waals surface area contributed by atoms with Gasteiger partial charge < -0.3 is 9.64 Å². The molecule has 7 nitrogen and oxygen atoms in total. The van der Waals surface area contributed by atoms with E-state index in [1.54, 1.807) is 6.20 Å². The molecule has 0 aliphatic carbocycles. The molecule has 148 valence electrons. The summed E-state index contributed by atoms with van der Waals surface area (Å²) in [4.78, 5) is 30.9. The van der Waals surface area contributed by atoms with Gasteiger partial charge in [0.1, 0.15) is 5.82 Å². The summed E-state index contributed by atoms with van der Waals surface area (Å²) in [6, 6.07) is 6.19. The Morgan fingerprint density at radius 2 is 2.04 bits per heavy atom. The zero-order valence-electron chi connectivity index (χ0n) is 16.4. The lowest BCUT2D eigenvalue weighted by Gasteiger charge is -2.34. The predicted octanol–water partition coefficient (Wildman–Crippen LogP) is 2.38. The number of piperidine rings is 1. The molecule has 7 heteroatoms. The molecule has 2 aliphatic heterocycles. The fourth-order valence-corrected chi connectivity index (χ4v) is 3.96. The molecule has 2 fully saturated rings. The smallest absolute Gasteiger partial charge is 0.257 e. The fourth-order valence-electron chi connectivity index (χ4n) is 3.96. The molecule has 0 radical (unpaired) electrons. The maximum atomic E-state index is 12.8. The quantitative estimate of drug-likeness (QED) is 0.810. The Labute approximate surface area is 165 Å². The van der Waals surface area contributed by atoms with Crippen molar-refractivity contribution in [3.8, 4) is 0 Å². The third kappa shape index (κ3) is 4.20. The largest absolute Gasteiger partial charge is 0.378 e. The number of morpholine rings is 1. The van der Waals surface area contributed by atoms with Crippen molar-refractivity contribution < 1.29 is 9.53 Å². The molecular formula is C21H27N5O2. The Morgan fingerprint density at radius 3 is 2.79 bits per heavy atom. The Kier molecular flexibility index (Phi) is 5.92. The highest BCUT2D eigenvalue weighted by molar-refractivity contribution is 5.95. The lowest BCUT2D eigenvalue weighted by molar-refractivity contribution is 0.0301. The van der Waals surface area contributed by atoms with Gasteiger partial charge in [0.15, 0.2) is 0 Å². The average molecular weight is 381 g/mol. The first-order valence-electron chi connectivity index (χ1n) is 10.1. The third-order valence-electron chi connectivity index (χ3n) is 5.53. The minimum absolute atomic E-state index is 0.00124. The highest BCUT2D eigenvalue weighted by atomic mass is 16.5. The number of ether oxygens (including phenoxy) is 1. The Balaban J connectivity index is 1.52. The molecular weight excluding hydrogens is 354 g/mol. The summed E-state index contributed by atoms with van der Waals surface area (Å²) in [6.07, 6.45) is 6.92. The van der Waals surface area contributed by atoms with Crippen LogP contribution in [0.1, 0.15) is 52.9 Å². The summed E-state index contributed by atoms with van der Waals surface area (Å²) in [5, 5.41) is 0. The van der Waals surface area contributed by atoms with Gasteiger partial charge in [0.25, 0.3) is 5.91 Å². The van der Waals surface area contributed by atoms with Gasteiger partial charge in [-0.3, -0.25) is 14.7 Å². The van der Waals surface area contributed by atoms with Crippen LogP contribution in [0.3, 0.4) is 0 Å². The van der Waals surface area contributed by atoms with Crippen LogP contribution in [0.15, 0.2) is 30.6 Å². The molecule has 28 heavy (non-hydrogen) atoms. The number of carbonyl (C=O) groups is 1. The SMILES string of the molecule is Cc1nc(C2CCCCN2Cc2ccccn2)ncc1C(=O)N1CCOCC1. The van der Waals surface area contributed by atoms with Gasteiger partial charge in [-0.2, -0.15) is 0 Å². The van der Waals surface area contributed by atoms with E-state index in [4.69, 9.17) is 9.72 Å². The Bertz CT molecular complexity index is 808. The molecule has 4 heterocycles. The van der Waals surface area contributed by atoms with E-state index in [0.717, 1.165) is 36.7 Å². The normalized spacial score (nSPS) is 20.9. The van der Waals surface area contributed by atoms with Crippen LogP contribution in [-0.2, 0) is 11.3 Å². The molecule has 0 saturated carbocycles. The summed E-state index contributed by atoms with van der Waals surface area (Å²) in [7, 11) is 0. The van der Waals surface area contributed by atoms with Crippen molar-refractivity contribution >= 4 is 5.91 Å². The van der Waals surface area contributed by atoms with Crippen LogP contribution in [0.25, 0.3) is 0 Å². The molecule has 4 rings (SSSR count). The number of likely N-dealkylation sites (tertiary alicyclic amines) is 1. The van der Waals surface area contributed by atoms with Gasteiger partial charge in [-0.1, -0.05) is 12.5 Å². The molecule has 0 aromatic carbocycles. The molecule has 0 spiro atoms. The molecule has 1 unspecified atom stereocenters. The van der Waals surface area contributed by atoms with Crippen molar-refractivity contribution in [2.75, 3.05) is 32.8 Å². The van der Waals surface area contributed by atoms with Crippen LogP contribution in [0, 0.1) is 6.92 Å². The van der Waals surface area contributed by atoms with Crippen molar-refractivity contribution in [2.24, 2.45) is 0 Å². The van der Waals surface area contributed by atoms with Crippen LogP contribution < -0.4 is 0 Å². The highest BCUT2D eigenvalue weighted by Crippen LogP contribution is 2.30. The number of aromatic nitrogens is 3. The number of hydrogen-bond acceptors (Lipinski definition) is 6. The highest BCUT2D eigenvalue weighted by Gasteiger charge is 2.28. The van der Waals surface area contributed by atoms with Gasteiger partial charge in [-0.05, 0) is 38.4 Å². The number of carbonyl (C=O) groups excluding carboxylic acids is 1. The zero-order valence-corrected chi connectivity index (χ0v) is 16.4. The monoisotopic (exact) mass is 381 g/mol. The summed E-state index contributed by atoms with van der Waals surface area (Å²) >= 11 is 0. The van der Waals surface area contributed by atoms with Crippen LogP contribution in [-0.4, -0.2) is 63.5 Å². The molecule has 0 N–H and O–H groups in total. The van der Waals surface area contributed by atoms with E-state index in [-0.39, 0.29) is 11.9 Å². The van der Waals surface area contributed by atoms with Crippen LogP contribution in [0.4, 0.5) is 0 Å². The van der Waals surface area contributed by atoms with Crippen molar-refractivity contribution in [3.05, 3.63) is 53.4 Å². The van der Waals surface area contributed by atoms with Gasteiger partial charge in [0, 0.05) is 32.0 Å². The molecule has 1 amide bonds. The Hall–Kier alpha value is -2.38. The van der Waals surface area contributed by atoms with Crippen LogP contribution in [0.5, 0.6) is 0 Å². The minimum atomic E-state index is 0.00124. The second-order valence-electron chi connectivity index (χ2n) is 7.43. The molecule has 2 aliphatic rings. The van der Waals surface area contributed by atoms with Crippen molar-refractivity contribution in [2.45, 2.75) is 38.8 Å². The number of aryl methyl sites for hydroxylation is 1. The first-order chi connectivity index (χ1) is 13.7. The number of amides is 1. The molecule has 2 aromatic rings. The van der Waals surface area contributed by atoms with Crippen molar-refractivity contribution in [3.63, 3.8) is 0 Å². The lowest BCUT2D eigenvalue weighted by atomic mass is 10.0. The van der Waals surface area contributed by atoms with Crippen LogP contribution in [0.2, 0.25) is 0 Å². The number of pyridine rings is 1. The topological polar surface area (TPSA) is 71.5 Å². The zero-order chi connectivity index (χ0) is 19.3. The van der Waals surface area contributed by atoms with E-state index in [1.165, 1.54) is 12.8 Å². The summed E-state index contributed by atoms with van der Waals surface area (Å²) < 4.78 is 5.34. The third-order valence-corrected chi connectivity index (χ3v) is 5.53. The Morgan fingerprint density at radius 1 is 1.18 bits per heavy atom. The van der Waals surface area contributed by atoms with E-state index in [0.29, 0.717) is 31.9 Å². The summed E-state index contributed by atoms with van der Waals surface area (Å²) in [5.74, 6) is 0.813. The van der Waals surface area contributed by atoms with E-state index < -0.39 is 0 Å². The lowest BCUT2D eigenvalue weighted by Crippen LogP contribution is -2.41.